The van der Waals surface area contributed by atoms with E-state index in [2.05, 4.69) is 20.6 Å². The number of nitrogens with zero attached hydrogens (tertiary/aromatic N) is 8. The van der Waals surface area contributed by atoms with E-state index in [1.807, 2.05) is 43.0 Å². The van der Waals surface area contributed by atoms with Crippen molar-refractivity contribution in [3.05, 3.63) is 77.9 Å². The number of hydrogen-bond donors (Lipinski definition) is 3. The van der Waals surface area contributed by atoms with E-state index < -0.39 is 53.9 Å². The zero-order valence-corrected chi connectivity index (χ0v) is 39.8. The SMILES string of the molecule is CC(C)[C@@H](C(=O)NO)N(Cc1cn(CCF)nn1)S(=O)(=O)c1ccc(OCCOCCOCCOCCOCCOc2ccc(CN(Cc3cn(CCF)nn3)[C@@H](C(=O)CO)C(C)C)cc2)cc1. The molecule has 0 saturated carbocycles. The van der Waals surface area contributed by atoms with Crippen molar-refractivity contribution in [1.29, 1.82) is 0 Å². The van der Waals surface area contributed by atoms with Crippen molar-refractivity contribution in [3.63, 3.8) is 0 Å². The lowest BCUT2D eigenvalue weighted by Crippen LogP contribution is -2.51. The number of amides is 1. The van der Waals surface area contributed by atoms with E-state index in [1.165, 1.54) is 39.8 Å². The summed E-state index contributed by atoms with van der Waals surface area (Å²) in [5.74, 6) is -0.790. The molecular formula is C44H65F2N9O12S. The number of ether oxygens (including phenoxy) is 6. The highest BCUT2D eigenvalue weighted by molar-refractivity contribution is 7.89. The number of aliphatic hydroxyl groups excluding tert-OH is 1. The molecule has 2 atom stereocenters. The lowest BCUT2D eigenvalue weighted by Gasteiger charge is -2.32. The van der Waals surface area contributed by atoms with Gasteiger partial charge < -0.3 is 33.5 Å². The Balaban J connectivity index is 1.06. The van der Waals surface area contributed by atoms with Crippen molar-refractivity contribution >= 4 is 21.7 Å². The number of hydroxylamine groups is 1. The molecule has 2 aromatic carbocycles. The van der Waals surface area contributed by atoms with Crippen molar-refractivity contribution in [2.45, 2.75) is 77.4 Å². The van der Waals surface area contributed by atoms with Gasteiger partial charge in [0.1, 0.15) is 50.7 Å². The second kappa shape index (κ2) is 29.8. The first-order valence-electron chi connectivity index (χ1n) is 22.3. The van der Waals surface area contributed by atoms with Crippen LogP contribution in [-0.4, -0.2) is 168 Å². The highest BCUT2D eigenvalue weighted by atomic mass is 32.2. The molecule has 24 heteroatoms. The Hall–Kier alpha value is -5.05. The predicted molar refractivity (Wildman–Crippen MR) is 240 cm³/mol. The van der Waals surface area contributed by atoms with Crippen LogP contribution in [0.25, 0.3) is 0 Å². The molecule has 4 aromatic rings. The summed E-state index contributed by atoms with van der Waals surface area (Å²) >= 11 is 0. The molecule has 1 amide bonds. The summed E-state index contributed by atoms with van der Waals surface area (Å²) in [6.45, 7) is 8.92. The largest absolute Gasteiger partial charge is 0.491 e. The number of carbonyl (C=O) groups is 2. The molecule has 0 bridgehead atoms. The first-order valence-corrected chi connectivity index (χ1v) is 23.7. The summed E-state index contributed by atoms with van der Waals surface area (Å²) in [7, 11) is -4.32. The molecule has 0 unspecified atom stereocenters. The van der Waals surface area contributed by atoms with E-state index in [9.17, 15) is 37.1 Å². The summed E-state index contributed by atoms with van der Waals surface area (Å²) in [5, 5.41) is 34.8. The molecule has 0 spiro atoms. The highest BCUT2D eigenvalue weighted by Crippen LogP contribution is 2.26. The van der Waals surface area contributed by atoms with Crippen molar-refractivity contribution < 1.29 is 65.5 Å². The number of aryl methyl sites for hydroxylation is 2. The topological polar surface area (TPSA) is 244 Å². The maximum Gasteiger partial charge on any atom is 0.262 e. The zero-order valence-electron chi connectivity index (χ0n) is 39.0. The number of Topliss-reactive ketones (excluding diaryl/α,β-unsaturated/α-hetero) is 1. The van der Waals surface area contributed by atoms with E-state index in [1.54, 1.807) is 25.5 Å². The zero-order chi connectivity index (χ0) is 49.3. The second-order valence-corrected chi connectivity index (χ2v) is 17.9. The van der Waals surface area contributed by atoms with Crippen LogP contribution in [0.1, 0.15) is 44.6 Å². The molecule has 0 fully saturated rings. The van der Waals surface area contributed by atoms with E-state index in [4.69, 9.17) is 28.4 Å². The average Bonchev–Trinajstić information content (AvgIpc) is 3.97. The molecule has 68 heavy (non-hydrogen) atoms. The fraction of sp³-hybridized carbons (Fsp3) is 0.591. The lowest BCUT2D eigenvalue weighted by molar-refractivity contribution is -0.134. The summed E-state index contributed by atoms with van der Waals surface area (Å²) < 4.78 is 90.6. The number of hydrogen-bond acceptors (Lipinski definition) is 17. The number of aromatic nitrogens is 6. The molecule has 2 aromatic heterocycles. The Bertz CT molecular complexity index is 2170. The standard InChI is InChI=1S/C44H65F2N9O12S/c1-33(2)42(41(57)32-56)52(28-36-29-53(15-13-45)50-47-36)27-35-5-7-38(8-6-35)66-25-23-64-21-19-62-17-18-63-20-22-65-24-26-67-39-9-11-40(12-10-39)68(60,61)55(43(34(3)4)44(58)49-59)31-37-30-54(16-14-46)51-48-37/h5-12,29-30,33-34,42-43,56,59H,13-28,31-32H2,1-4H3,(H,49,58)/t42-,43+/m1/s1. The fourth-order valence-corrected chi connectivity index (χ4v) is 8.75. The molecule has 378 valence electrons. The average molecular weight is 982 g/mol. The normalized spacial score (nSPS) is 12.9. The quantitative estimate of drug-likeness (QED) is 0.0337. The Morgan fingerprint density at radius 3 is 1.53 bits per heavy atom. The van der Waals surface area contributed by atoms with Gasteiger partial charge in [-0.2, -0.15) is 4.31 Å². The maximum absolute atomic E-state index is 13.8. The minimum atomic E-state index is -4.32. The van der Waals surface area contributed by atoms with Gasteiger partial charge in [-0.15, -0.1) is 10.2 Å². The van der Waals surface area contributed by atoms with E-state index in [-0.39, 0.29) is 55.1 Å². The molecule has 2 heterocycles. The first-order chi connectivity index (χ1) is 32.8. The fourth-order valence-electron chi connectivity index (χ4n) is 7.06. The van der Waals surface area contributed by atoms with Crippen LogP contribution in [-0.2, 0) is 71.3 Å². The van der Waals surface area contributed by atoms with Crippen LogP contribution >= 0.6 is 0 Å². The molecule has 0 aliphatic carbocycles. The number of rotatable bonds is 36. The van der Waals surface area contributed by atoms with E-state index in [0.717, 1.165) is 9.87 Å². The maximum atomic E-state index is 13.8. The minimum Gasteiger partial charge on any atom is -0.491 e. The van der Waals surface area contributed by atoms with Crippen LogP contribution in [0.2, 0.25) is 0 Å². The van der Waals surface area contributed by atoms with Gasteiger partial charge in [0.15, 0.2) is 5.78 Å². The van der Waals surface area contributed by atoms with Gasteiger partial charge in [0.2, 0.25) is 10.0 Å². The number of halogens is 2. The number of nitrogens with one attached hydrogen (secondary N) is 1. The number of sulfonamides is 1. The van der Waals surface area contributed by atoms with Gasteiger partial charge in [-0.05, 0) is 53.8 Å². The number of aliphatic hydroxyl groups is 1. The van der Waals surface area contributed by atoms with Crippen LogP contribution < -0.4 is 15.0 Å². The van der Waals surface area contributed by atoms with E-state index >= 15 is 0 Å². The van der Waals surface area contributed by atoms with Crippen molar-refractivity contribution in [2.24, 2.45) is 11.8 Å². The van der Waals surface area contributed by atoms with Crippen LogP contribution in [0.3, 0.4) is 0 Å². The Morgan fingerprint density at radius 1 is 0.662 bits per heavy atom. The van der Waals surface area contributed by atoms with Gasteiger partial charge in [-0.3, -0.25) is 19.7 Å². The summed E-state index contributed by atoms with van der Waals surface area (Å²) in [6, 6.07) is 11.3. The third kappa shape index (κ3) is 18.1. The second-order valence-electron chi connectivity index (χ2n) is 16.0. The molecular weight excluding hydrogens is 917 g/mol. The molecule has 3 N–H and O–H groups in total. The number of alkyl halides is 2. The molecule has 0 aliphatic rings. The van der Waals surface area contributed by atoms with Gasteiger partial charge in [0, 0.05) is 25.5 Å². The lowest BCUT2D eigenvalue weighted by atomic mass is 9.97. The summed E-state index contributed by atoms with van der Waals surface area (Å²) in [5.41, 5.74) is 3.26. The minimum absolute atomic E-state index is 0.0662. The van der Waals surface area contributed by atoms with Crippen LogP contribution in [0.5, 0.6) is 11.5 Å². The molecule has 4 rings (SSSR count). The van der Waals surface area contributed by atoms with Crippen molar-refractivity contribution in [1.82, 2.24) is 44.7 Å². The molecule has 21 nitrogen and oxygen atoms in total. The van der Waals surface area contributed by atoms with Crippen LogP contribution in [0.4, 0.5) is 8.78 Å². The van der Waals surface area contributed by atoms with Gasteiger partial charge in [0.05, 0.1) is 94.8 Å². The Kier molecular flexibility index (Phi) is 24.3. The van der Waals surface area contributed by atoms with Gasteiger partial charge in [0.25, 0.3) is 5.91 Å². The summed E-state index contributed by atoms with van der Waals surface area (Å²) in [4.78, 5) is 27.2. The first kappa shape index (κ1) is 55.5. The van der Waals surface area contributed by atoms with E-state index in [0.29, 0.717) is 83.1 Å². The third-order valence-electron chi connectivity index (χ3n) is 10.2. The number of benzene rings is 2. The monoisotopic (exact) mass is 981 g/mol. The van der Waals surface area contributed by atoms with Crippen molar-refractivity contribution in [2.75, 3.05) is 86.0 Å². The molecule has 0 aliphatic heterocycles. The highest BCUT2D eigenvalue weighted by Gasteiger charge is 2.39. The number of ketones is 1. The Labute approximate surface area is 395 Å². The van der Waals surface area contributed by atoms with Crippen LogP contribution in [0, 0.1) is 11.8 Å². The van der Waals surface area contributed by atoms with Crippen molar-refractivity contribution in [3.8, 4) is 11.5 Å². The predicted octanol–water partition coefficient (Wildman–Crippen LogP) is 2.64. The third-order valence-corrected chi connectivity index (χ3v) is 12.0. The smallest absolute Gasteiger partial charge is 0.262 e. The van der Waals surface area contributed by atoms with Crippen LogP contribution in [0.15, 0.2) is 65.8 Å². The number of carbonyl (C=O) groups excluding carboxylic acids is 2. The molecule has 0 radical (unpaired) electrons. The van der Waals surface area contributed by atoms with Gasteiger partial charge in [-0.1, -0.05) is 50.3 Å². The Morgan fingerprint density at radius 2 is 1.10 bits per heavy atom. The van der Waals surface area contributed by atoms with Gasteiger partial charge >= 0.3 is 0 Å². The molecule has 0 saturated heterocycles. The summed E-state index contributed by atoms with van der Waals surface area (Å²) in [6.07, 6.45) is 3.05. The van der Waals surface area contributed by atoms with Gasteiger partial charge in [-0.25, -0.2) is 32.0 Å².